The first-order chi connectivity index (χ1) is 7.16. The fourth-order valence-electron chi connectivity index (χ4n) is 1.07. The van der Waals surface area contributed by atoms with Gasteiger partial charge >= 0.3 is 0 Å². The molecule has 0 saturated heterocycles. The Morgan fingerprint density at radius 2 is 2.47 bits per heavy atom. The summed E-state index contributed by atoms with van der Waals surface area (Å²) >= 11 is 4.69. The number of aromatic nitrogens is 2. The Morgan fingerprint density at radius 1 is 1.67 bits per heavy atom. The molecule has 78 valence electrons. The molecule has 0 aliphatic carbocycles. The number of rotatable bonds is 1. The van der Waals surface area contributed by atoms with Crippen molar-refractivity contribution in [1.82, 2.24) is 9.55 Å². The van der Waals surface area contributed by atoms with Crippen LogP contribution in [0.1, 0.15) is 10.5 Å². The number of amides is 1. The van der Waals surface area contributed by atoms with Crippen LogP contribution in [0.15, 0.2) is 33.3 Å². The van der Waals surface area contributed by atoms with Crippen LogP contribution in [-0.2, 0) is 7.05 Å². The number of nitrogens with one attached hydrogen (secondary N) is 1. The summed E-state index contributed by atoms with van der Waals surface area (Å²) in [5, 5.41) is 1.89. The Balaban J connectivity index is 2.35. The summed E-state index contributed by atoms with van der Waals surface area (Å²) in [6.45, 7) is 0. The zero-order valence-corrected chi connectivity index (χ0v) is 10.3. The maximum Gasteiger partial charge on any atom is 0.296 e. The van der Waals surface area contributed by atoms with E-state index in [9.17, 15) is 4.79 Å². The van der Waals surface area contributed by atoms with E-state index in [0.29, 0.717) is 10.5 Å². The van der Waals surface area contributed by atoms with E-state index in [1.807, 2.05) is 18.6 Å². The number of carbonyl (C=O) groups excluding carboxylic acids is 1. The van der Waals surface area contributed by atoms with Crippen LogP contribution >= 0.6 is 27.3 Å². The molecule has 1 N–H and O–H groups in total. The number of nitrogens with zero attached hydrogens (tertiary/aromatic N) is 2. The normalized spacial score (nSPS) is 12.0. The van der Waals surface area contributed by atoms with E-state index in [0.717, 1.165) is 4.47 Å². The summed E-state index contributed by atoms with van der Waals surface area (Å²) in [5.74, 6) is -0.265. The second kappa shape index (κ2) is 4.16. The minimum Gasteiger partial charge on any atom is -0.356 e. The lowest BCUT2D eigenvalue weighted by atomic mass is 10.4. The molecule has 6 heteroatoms. The standard InChI is InChI=1S/C9H8BrN3OS/c1-13-2-3-15-9(13)12-8(14)7-4-6(10)5-11-7/h2-5,11H,1H3. The number of H-pyrrole nitrogens is 1. The maximum absolute atomic E-state index is 11.7. The number of aromatic amines is 1. The van der Waals surface area contributed by atoms with Crippen molar-refractivity contribution in [2.24, 2.45) is 12.0 Å². The monoisotopic (exact) mass is 285 g/mol. The number of halogens is 1. The minimum atomic E-state index is -0.265. The van der Waals surface area contributed by atoms with Crippen LogP contribution in [-0.4, -0.2) is 15.5 Å². The van der Waals surface area contributed by atoms with Gasteiger partial charge in [0.2, 0.25) is 0 Å². The molecule has 0 fully saturated rings. The molecule has 2 aromatic heterocycles. The smallest absolute Gasteiger partial charge is 0.296 e. The fourth-order valence-corrected chi connectivity index (χ4v) is 2.14. The molecule has 0 radical (unpaired) electrons. The highest BCUT2D eigenvalue weighted by molar-refractivity contribution is 9.10. The lowest BCUT2D eigenvalue weighted by Crippen LogP contribution is -2.12. The molecule has 0 spiro atoms. The average molecular weight is 286 g/mol. The van der Waals surface area contributed by atoms with Crippen molar-refractivity contribution in [3.8, 4) is 0 Å². The molecule has 0 aliphatic rings. The van der Waals surface area contributed by atoms with Crippen LogP contribution in [0.5, 0.6) is 0 Å². The highest BCUT2D eigenvalue weighted by Crippen LogP contribution is 2.11. The predicted octanol–water partition coefficient (Wildman–Crippen LogP) is 1.92. The molecule has 0 unspecified atom stereocenters. The molecule has 1 amide bonds. The number of carbonyl (C=O) groups is 1. The van der Waals surface area contributed by atoms with Gasteiger partial charge < -0.3 is 9.55 Å². The van der Waals surface area contributed by atoms with Crippen molar-refractivity contribution in [1.29, 1.82) is 0 Å². The van der Waals surface area contributed by atoms with Gasteiger partial charge in [0.1, 0.15) is 5.69 Å². The lowest BCUT2D eigenvalue weighted by Gasteiger charge is -1.89. The van der Waals surface area contributed by atoms with Crippen molar-refractivity contribution in [3.05, 3.63) is 38.8 Å². The summed E-state index contributed by atoms with van der Waals surface area (Å²) in [4.78, 5) is 19.2. The van der Waals surface area contributed by atoms with Crippen LogP contribution in [0.25, 0.3) is 0 Å². The first-order valence-electron chi connectivity index (χ1n) is 4.20. The molecule has 0 aliphatic heterocycles. The third kappa shape index (κ3) is 2.27. The zero-order chi connectivity index (χ0) is 10.8. The largest absolute Gasteiger partial charge is 0.356 e. The molecular weight excluding hydrogens is 278 g/mol. The van der Waals surface area contributed by atoms with E-state index < -0.39 is 0 Å². The minimum absolute atomic E-state index is 0.265. The Kier molecular flexibility index (Phi) is 2.88. The van der Waals surface area contributed by atoms with Crippen molar-refractivity contribution in [3.63, 3.8) is 0 Å². The fraction of sp³-hybridized carbons (Fsp3) is 0.111. The van der Waals surface area contributed by atoms with E-state index in [2.05, 4.69) is 25.9 Å². The number of aryl methyl sites for hydroxylation is 1. The van der Waals surface area contributed by atoms with Gasteiger partial charge in [0.05, 0.1) is 0 Å². The molecular formula is C9H8BrN3OS. The molecule has 2 rings (SSSR count). The number of hydrogen-bond acceptors (Lipinski definition) is 2. The van der Waals surface area contributed by atoms with E-state index in [1.165, 1.54) is 11.3 Å². The van der Waals surface area contributed by atoms with Gasteiger partial charge in [-0.25, -0.2) is 0 Å². The van der Waals surface area contributed by atoms with Crippen LogP contribution < -0.4 is 4.80 Å². The Morgan fingerprint density at radius 3 is 3.00 bits per heavy atom. The third-order valence-corrected chi connectivity index (χ3v) is 3.14. The van der Waals surface area contributed by atoms with Crippen molar-refractivity contribution < 1.29 is 4.79 Å². The number of hydrogen-bond donors (Lipinski definition) is 1. The Labute approximate surface area is 98.4 Å². The van der Waals surface area contributed by atoms with Crippen LogP contribution in [0.3, 0.4) is 0 Å². The summed E-state index contributed by atoms with van der Waals surface area (Å²) in [6.07, 6.45) is 3.57. The van der Waals surface area contributed by atoms with E-state index in [-0.39, 0.29) is 5.91 Å². The quantitative estimate of drug-likeness (QED) is 0.855. The summed E-state index contributed by atoms with van der Waals surface area (Å²) in [7, 11) is 1.85. The molecule has 2 heterocycles. The van der Waals surface area contributed by atoms with Gasteiger partial charge in [0.15, 0.2) is 4.80 Å². The third-order valence-electron chi connectivity index (χ3n) is 1.84. The van der Waals surface area contributed by atoms with Gasteiger partial charge in [0.25, 0.3) is 5.91 Å². The topological polar surface area (TPSA) is 50.1 Å². The van der Waals surface area contributed by atoms with Crippen molar-refractivity contribution in [2.45, 2.75) is 0 Å². The van der Waals surface area contributed by atoms with E-state index in [1.54, 1.807) is 16.8 Å². The second-order valence-electron chi connectivity index (χ2n) is 2.95. The summed E-state index contributed by atoms with van der Waals surface area (Å²) in [6, 6.07) is 1.71. The van der Waals surface area contributed by atoms with Gasteiger partial charge in [-0.15, -0.1) is 11.3 Å². The van der Waals surface area contributed by atoms with Gasteiger partial charge in [-0.1, -0.05) is 0 Å². The molecule has 4 nitrogen and oxygen atoms in total. The molecule has 0 saturated carbocycles. The molecule has 0 aromatic carbocycles. The van der Waals surface area contributed by atoms with Crippen molar-refractivity contribution in [2.75, 3.05) is 0 Å². The van der Waals surface area contributed by atoms with Crippen LogP contribution in [0.2, 0.25) is 0 Å². The van der Waals surface area contributed by atoms with Gasteiger partial charge in [-0.2, -0.15) is 4.99 Å². The lowest BCUT2D eigenvalue weighted by molar-refractivity contribution is 0.0993. The molecule has 0 bridgehead atoms. The van der Waals surface area contributed by atoms with E-state index in [4.69, 9.17) is 0 Å². The van der Waals surface area contributed by atoms with E-state index >= 15 is 0 Å². The predicted molar refractivity (Wildman–Crippen MR) is 61.7 cm³/mol. The van der Waals surface area contributed by atoms with Crippen LogP contribution in [0.4, 0.5) is 0 Å². The molecule has 15 heavy (non-hydrogen) atoms. The SMILES string of the molecule is Cn1ccsc1=NC(=O)c1cc(Br)c[nH]1. The van der Waals surface area contributed by atoms with Gasteiger partial charge in [-0.3, -0.25) is 4.79 Å². The first kappa shape index (κ1) is 10.4. The average Bonchev–Trinajstić information content (AvgIpc) is 2.77. The second-order valence-corrected chi connectivity index (χ2v) is 4.73. The van der Waals surface area contributed by atoms with Crippen molar-refractivity contribution >= 4 is 33.2 Å². The number of thiazole rings is 1. The molecule has 0 atom stereocenters. The maximum atomic E-state index is 11.7. The summed E-state index contributed by atoms with van der Waals surface area (Å²) in [5.41, 5.74) is 0.482. The Bertz CT molecular complexity index is 551. The van der Waals surface area contributed by atoms with Crippen LogP contribution in [0, 0.1) is 0 Å². The van der Waals surface area contributed by atoms with Gasteiger partial charge in [-0.05, 0) is 22.0 Å². The first-order valence-corrected chi connectivity index (χ1v) is 5.87. The Hall–Kier alpha value is -1.14. The summed E-state index contributed by atoms with van der Waals surface area (Å²) < 4.78 is 2.65. The highest BCUT2D eigenvalue weighted by atomic mass is 79.9. The highest BCUT2D eigenvalue weighted by Gasteiger charge is 2.06. The van der Waals surface area contributed by atoms with Gasteiger partial charge in [0, 0.05) is 29.3 Å². The zero-order valence-electron chi connectivity index (χ0n) is 7.90. The molecule has 2 aromatic rings.